The molecule has 16 heavy (non-hydrogen) atoms. The van der Waals surface area contributed by atoms with Crippen LogP contribution in [0.3, 0.4) is 0 Å². The standard InChI is InChI=1S/C14H24N2/c1-4-5-6-7-11-15-13-9-8-10-14(12-13)16(2)3/h8-10,12,15H,4-7,11H2,1-3H3. The number of nitrogens with zero attached hydrogens (tertiary/aromatic N) is 1. The van der Waals surface area contributed by atoms with Gasteiger partial charge in [0.2, 0.25) is 0 Å². The molecule has 0 fully saturated rings. The second-order valence-electron chi connectivity index (χ2n) is 4.43. The summed E-state index contributed by atoms with van der Waals surface area (Å²) in [6.45, 7) is 3.32. The maximum absolute atomic E-state index is 3.47. The summed E-state index contributed by atoms with van der Waals surface area (Å²) >= 11 is 0. The van der Waals surface area contributed by atoms with E-state index in [0.29, 0.717) is 0 Å². The lowest BCUT2D eigenvalue weighted by Gasteiger charge is -2.14. The summed E-state index contributed by atoms with van der Waals surface area (Å²) in [5, 5.41) is 3.47. The third kappa shape index (κ3) is 4.56. The van der Waals surface area contributed by atoms with Crippen molar-refractivity contribution in [2.45, 2.75) is 32.6 Å². The summed E-state index contributed by atoms with van der Waals surface area (Å²) in [6.07, 6.45) is 5.24. The minimum Gasteiger partial charge on any atom is -0.385 e. The lowest BCUT2D eigenvalue weighted by molar-refractivity contribution is 0.685. The van der Waals surface area contributed by atoms with Gasteiger partial charge in [-0.05, 0) is 24.6 Å². The van der Waals surface area contributed by atoms with Gasteiger partial charge in [-0.1, -0.05) is 32.3 Å². The molecule has 0 spiro atoms. The van der Waals surface area contributed by atoms with Crippen LogP contribution in [0.2, 0.25) is 0 Å². The molecule has 0 bridgehead atoms. The maximum atomic E-state index is 3.47. The van der Waals surface area contributed by atoms with Crippen molar-refractivity contribution in [1.29, 1.82) is 0 Å². The topological polar surface area (TPSA) is 15.3 Å². The first-order chi connectivity index (χ1) is 7.74. The largest absolute Gasteiger partial charge is 0.385 e. The Morgan fingerprint density at radius 3 is 2.62 bits per heavy atom. The first kappa shape index (κ1) is 12.9. The zero-order valence-electron chi connectivity index (χ0n) is 10.8. The van der Waals surface area contributed by atoms with E-state index in [0.717, 1.165) is 6.54 Å². The van der Waals surface area contributed by atoms with Crippen LogP contribution in [0, 0.1) is 0 Å². The molecule has 2 heteroatoms. The molecule has 0 aliphatic heterocycles. The van der Waals surface area contributed by atoms with Gasteiger partial charge in [0.15, 0.2) is 0 Å². The zero-order chi connectivity index (χ0) is 11.8. The van der Waals surface area contributed by atoms with Gasteiger partial charge in [0.25, 0.3) is 0 Å². The van der Waals surface area contributed by atoms with Gasteiger partial charge in [-0.2, -0.15) is 0 Å². The summed E-state index contributed by atoms with van der Waals surface area (Å²) in [7, 11) is 4.14. The van der Waals surface area contributed by atoms with Crippen LogP contribution in [-0.2, 0) is 0 Å². The van der Waals surface area contributed by atoms with Crippen molar-refractivity contribution in [3.63, 3.8) is 0 Å². The molecule has 0 saturated heterocycles. The van der Waals surface area contributed by atoms with Gasteiger partial charge >= 0.3 is 0 Å². The molecule has 1 aromatic rings. The van der Waals surface area contributed by atoms with Crippen molar-refractivity contribution in [3.8, 4) is 0 Å². The van der Waals surface area contributed by atoms with Crippen LogP contribution in [0.15, 0.2) is 24.3 Å². The predicted octanol–water partition coefficient (Wildman–Crippen LogP) is 3.74. The minimum absolute atomic E-state index is 1.08. The van der Waals surface area contributed by atoms with Gasteiger partial charge in [0.1, 0.15) is 0 Å². The highest BCUT2D eigenvalue weighted by Gasteiger charge is 1.96. The molecule has 0 aliphatic rings. The van der Waals surface area contributed by atoms with E-state index in [1.807, 2.05) is 0 Å². The molecule has 1 N–H and O–H groups in total. The number of unbranched alkanes of at least 4 members (excludes halogenated alkanes) is 3. The lowest BCUT2D eigenvalue weighted by Crippen LogP contribution is -2.09. The van der Waals surface area contributed by atoms with Crippen molar-refractivity contribution in [1.82, 2.24) is 0 Å². The maximum Gasteiger partial charge on any atom is 0.0381 e. The quantitative estimate of drug-likeness (QED) is 0.704. The van der Waals surface area contributed by atoms with E-state index < -0.39 is 0 Å². The number of hydrogen-bond acceptors (Lipinski definition) is 2. The van der Waals surface area contributed by atoms with Crippen molar-refractivity contribution in [2.24, 2.45) is 0 Å². The summed E-state index contributed by atoms with van der Waals surface area (Å²) in [4.78, 5) is 2.13. The van der Waals surface area contributed by atoms with E-state index in [2.05, 4.69) is 55.5 Å². The molecule has 1 aromatic carbocycles. The van der Waals surface area contributed by atoms with Gasteiger partial charge in [-0.15, -0.1) is 0 Å². The van der Waals surface area contributed by atoms with Crippen molar-refractivity contribution in [2.75, 3.05) is 30.9 Å². The minimum atomic E-state index is 1.08. The predicted molar refractivity (Wildman–Crippen MR) is 73.4 cm³/mol. The Kier molecular flexibility index (Phi) is 5.76. The zero-order valence-corrected chi connectivity index (χ0v) is 10.8. The first-order valence-electron chi connectivity index (χ1n) is 6.25. The Hall–Kier alpha value is -1.18. The molecule has 90 valence electrons. The van der Waals surface area contributed by atoms with E-state index in [1.54, 1.807) is 0 Å². The second-order valence-corrected chi connectivity index (χ2v) is 4.43. The Morgan fingerprint density at radius 1 is 1.12 bits per heavy atom. The molecule has 0 unspecified atom stereocenters. The monoisotopic (exact) mass is 220 g/mol. The summed E-state index contributed by atoms with van der Waals surface area (Å²) in [5.74, 6) is 0. The molecule has 1 rings (SSSR count). The van der Waals surface area contributed by atoms with Crippen LogP contribution in [0.4, 0.5) is 11.4 Å². The summed E-state index contributed by atoms with van der Waals surface area (Å²) < 4.78 is 0. The van der Waals surface area contributed by atoms with Gasteiger partial charge in [0.05, 0.1) is 0 Å². The number of benzene rings is 1. The molecule has 0 radical (unpaired) electrons. The molecular weight excluding hydrogens is 196 g/mol. The third-order valence-electron chi connectivity index (χ3n) is 2.72. The Morgan fingerprint density at radius 2 is 1.94 bits per heavy atom. The third-order valence-corrected chi connectivity index (χ3v) is 2.72. The summed E-state index contributed by atoms with van der Waals surface area (Å²) in [5.41, 5.74) is 2.47. The fourth-order valence-corrected chi connectivity index (χ4v) is 1.68. The fourth-order valence-electron chi connectivity index (χ4n) is 1.68. The van der Waals surface area contributed by atoms with Gasteiger partial charge in [-0.25, -0.2) is 0 Å². The Labute approximate surface area is 99.7 Å². The highest BCUT2D eigenvalue weighted by Crippen LogP contribution is 2.17. The molecule has 0 amide bonds. The van der Waals surface area contributed by atoms with E-state index in [4.69, 9.17) is 0 Å². The average Bonchev–Trinajstić information content (AvgIpc) is 2.29. The van der Waals surface area contributed by atoms with Crippen LogP contribution >= 0.6 is 0 Å². The second kappa shape index (κ2) is 7.15. The molecule has 0 aliphatic carbocycles. The number of hydrogen-bond donors (Lipinski definition) is 1. The van der Waals surface area contributed by atoms with Crippen molar-refractivity contribution in [3.05, 3.63) is 24.3 Å². The smallest absolute Gasteiger partial charge is 0.0381 e. The molecule has 0 aromatic heterocycles. The number of nitrogens with one attached hydrogen (secondary N) is 1. The van der Waals surface area contributed by atoms with E-state index >= 15 is 0 Å². The molecule has 0 heterocycles. The lowest BCUT2D eigenvalue weighted by atomic mass is 10.2. The van der Waals surface area contributed by atoms with Crippen LogP contribution < -0.4 is 10.2 Å². The normalized spacial score (nSPS) is 10.2. The highest BCUT2D eigenvalue weighted by atomic mass is 15.1. The van der Waals surface area contributed by atoms with Crippen molar-refractivity contribution >= 4 is 11.4 Å². The Balaban J connectivity index is 2.33. The van der Waals surface area contributed by atoms with E-state index in [9.17, 15) is 0 Å². The van der Waals surface area contributed by atoms with Crippen LogP contribution in [0.25, 0.3) is 0 Å². The molecule has 0 saturated carbocycles. The van der Waals surface area contributed by atoms with Crippen molar-refractivity contribution < 1.29 is 0 Å². The van der Waals surface area contributed by atoms with Gasteiger partial charge in [-0.3, -0.25) is 0 Å². The van der Waals surface area contributed by atoms with Crippen LogP contribution in [0.1, 0.15) is 32.6 Å². The molecule has 0 atom stereocenters. The number of rotatable bonds is 7. The fraction of sp³-hybridized carbons (Fsp3) is 0.571. The average molecular weight is 220 g/mol. The van der Waals surface area contributed by atoms with E-state index in [-0.39, 0.29) is 0 Å². The molecular formula is C14H24N2. The Bertz CT molecular complexity index is 295. The van der Waals surface area contributed by atoms with Crippen LogP contribution in [-0.4, -0.2) is 20.6 Å². The highest BCUT2D eigenvalue weighted by molar-refractivity contribution is 5.57. The molecule has 2 nitrogen and oxygen atoms in total. The van der Waals surface area contributed by atoms with Gasteiger partial charge < -0.3 is 10.2 Å². The number of anilines is 2. The van der Waals surface area contributed by atoms with E-state index in [1.165, 1.54) is 37.1 Å². The van der Waals surface area contributed by atoms with Crippen LogP contribution in [0.5, 0.6) is 0 Å². The van der Waals surface area contributed by atoms with Gasteiger partial charge in [0, 0.05) is 32.0 Å². The summed E-state index contributed by atoms with van der Waals surface area (Å²) in [6, 6.07) is 8.55. The SMILES string of the molecule is CCCCCCNc1cccc(N(C)C)c1. The first-order valence-corrected chi connectivity index (χ1v) is 6.25.